The van der Waals surface area contributed by atoms with Crippen LogP contribution in [0, 0.1) is 5.41 Å². The number of thiocarbonyl (C=S) groups is 1. The zero-order valence-corrected chi connectivity index (χ0v) is 11.2. The number of nitrogens with zero attached hydrogens (tertiary/aromatic N) is 1. The Morgan fingerprint density at radius 1 is 1.31 bits per heavy atom. The molecule has 2 fully saturated rings. The Bertz CT molecular complexity index is 255. The third kappa shape index (κ3) is 3.17. The van der Waals surface area contributed by atoms with Gasteiger partial charge in [-0.05, 0) is 38.1 Å². The van der Waals surface area contributed by atoms with Gasteiger partial charge in [0.25, 0.3) is 0 Å². The SMILES string of the molecule is CN(CC1(CC(N)=S)CC1)C1CCCCC1. The highest BCUT2D eigenvalue weighted by molar-refractivity contribution is 7.80. The molecule has 0 bridgehead atoms. The van der Waals surface area contributed by atoms with Gasteiger partial charge < -0.3 is 10.6 Å². The van der Waals surface area contributed by atoms with E-state index >= 15 is 0 Å². The first-order chi connectivity index (χ1) is 7.61. The summed E-state index contributed by atoms with van der Waals surface area (Å²) >= 11 is 5.05. The first kappa shape index (κ1) is 12.3. The number of hydrogen-bond acceptors (Lipinski definition) is 2. The van der Waals surface area contributed by atoms with Crippen LogP contribution in [0.3, 0.4) is 0 Å². The van der Waals surface area contributed by atoms with E-state index in [2.05, 4.69) is 11.9 Å². The molecule has 2 nitrogen and oxygen atoms in total. The predicted octanol–water partition coefficient (Wildman–Crippen LogP) is 2.71. The van der Waals surface area contributed by atoms with Crippen LogP contribution in [-0.4, -0.2) is 29.5 Å². The van der Waals surface area contributed by atoms with Gasteiger partial charge in [0, 0.05) is 19.0 Å². The summed E-state index contributed by atoms with van der Waals surface area (Å²) < 4.78 is 0. The lowest BCUT2D eigenvalue weighted by Crippen LogP contribution is -2.38. The smallest absolute Gasteiger partial charge is 0.0733 e. The summed E-state index contributed by atoms with van der Waals surface area (Å²) in [6, 6.07) is 0.817. The Morgan fingerprint density at radius 2 is 1.94 bits per heavy atom. The van der Waals surface area contributed by atoms with Crippen molar-refractivity contribution in [3.63, 3.8) is 0 Å². The molecule has 2 aliphatic rings. The van der Waals surface area contributed by atoms with Crippen LogP contribution in [0.4, 0.5) is 0 Å². The predicted molar refractivity (Wildman–Crippen MR) is 72.6 cm³/mol. The van der Waals surface area contributed by atoms with Crippen LogP contribution < -0.4 is 5.73 Å². The number of nitrogens with two attached hydrogens (primary N) is 1. The molecule has 2 N–H and O–H groups in total. The summed E-state index contributed by atoms with van der Waals surface area (Å²) in [5.41, 5.74) is 6.14. The molecule has 0 radical (unpaired) electrons. The maximum Gasteiger partial charge on any atom is 0.0733 e. The monoisotopic (exact) mass is 240 g/mol. The Kier molecular flexibility index (Phi) is 3.85. The van der Waals surface area contributed by atoms with Gasteiger partial charge in [0.1, 0.15) is 0 Å². The molecule has 0 aromatic rings. The normalized spacial score (nSPS) is 24.6. The van der Waals surface area contributed by atoms with Crippen LogP contribution in [0.25, 0.3) is 0 Å². The lowest BCUT2D eigenvalue weighted by molar-refractivity contribution is 0.160. The molecular weight excluding hydrogens is 216 g/mol. The molecule has 3 heteroatoms. The maximum absolute atomic E-state index is 5.69. The minimum absolute atomic E-state index is 0.456. The molecule has 0 spiro atoms. The number of rotatable bonds is 5. The molecule has 0 heterocycles. The molecule has 0 aromatic carbocycles. The highest BCUT2D eigenvalue weighted by Gasteiger charge is 2.44. The molecule has 16 heavy (non-hydrogen) atoms. The summed E-state index contributed by atoms with van der Waals surface area (Å²) in [7, 11) is 2.29. The second-order valence-electron chi connectivity index (χ2n) is 5.85. The Hall–Kier alpha value is -0.150. The molecular formula is C13H24N2S. The van der Waals surface area contributed by atoms with E-state index in [1.807, 2.05) is 0 Å². The van der Waals surface area contributed by atoms with Crippen LogP contribution >= 0.6 is 12.2 Å². The van der Waals surface area contributed by atoms with E-state index in [4.69, 9.17) is 18.0 Å². The van der Waals surface area contributed by atoms with Crippen molar-refractivity contribution in [2.45, 2.75) is 57.4 Å². The second kappa shape index (κ2) is 5.01. The van der Waals surface area contributed by atoms with Crippen LogP contribution in [0.2, 0.25) is 0 Å². The molecule has 0 aliphatic heterocycles. The van der Waals surface area contributed by atoms with Gasteiger partial charge in [-0.1, -0.05) is 31.5 Å². The highest BCUT2D eigenvalue weighted by atomic mass is 32.1. The lowest BCUT2D eigenvalue weighted by atomic mass is 9.93. The van der Waals surface area contributed by atoms with Gasteiger partial charge in [-0.2, -0.15) is 0 Å². The van der Waals surface area contributed by atoms with E-state index in [1.54, 1.807) is 0 Å². The molecule has 92 valence electrons. The average Bonchev–Trinajstić information content (AvgIpc) is 2.98. The van der Waals surface area contributed by atoms with Crippen molar-refractivity contribution in [2.75, 3.05) is 13.6 Å². The van der Waals surface area contributed by atoms with Crippen molar-refractivity contribution in [1.29, 1.82) is 0 Å². The molecule has 0 aromatic heterocycles. The van der Waals surface area contributed by atoms with E-state index < -0.39 is 0 Å². The first-order valence-electron chi connectivity index (χ1n) is 6.60. The minimum Gasteiger partial charge on any atom is -0.393 e. The minimum atomic E-state index is 0.456. The summed E-state index contributed by atoms with van der Waals surface area (Å²) in [4.78, 5) is 3.28. The largest absolute Gasteiger partial charge is 0.393 e. The lowest BCUT2D eigenvalue weighted by Gasteiger charge is -2.33. The molecule has 2 aliphatic carbocycles. The molecule has 2 rings (SSSR count). The zero-order valence-electron chi connectivity index (χ0n) is 10.4. The second-order valence-corrected chi connectivity index (χ2v) is 6.37. The van der Waals surface area contributed by atoms with E-state index in [1.165, 1.54) is 51.5 Å². The summed E-state index contributed by atoms with van der Waals surface area (Å²) in [5.74, 6) is 0. The topological polar surface area (TPSA) is 29.3 Å². The average molecular weight is 240 g/mol. The quantitative estimate of drug-likeness (QED) is 0.749. The van der Waals surface area contributed by atoms with Crippen LogP contribution in [-0.2, 0) is 0 Å². The summed E-state index contributed by atoms with van der Waals surface area (Å²) in [6.07, 6.45) is 10.6. The third-order valence-corrected chi connectivity index (χ3v) is 4.43. The van der Waals surface area contributed by atoms with Gasteiger partial charge in [0.2, 0.25) is 0 Å². The third-order valence-electron chi connectivity index (χ3n) is 4.29. The number of hydrogen-bond donors (Lipinski definition) is 1. The highest BCUT2D eigenvalue weighted by Crippen LogP contribution is 2.49. The fourth-order valence-electron chi connectivity index (χ4n) is 3.12. The van der Waals surface area contributed by atoms with Crippen LogP contribution in [0.5, 0.6) is 0 Å². The first-order valence-corrected chi connectivity index (χ1v) is 7.01. The van der Waals surface area contributed by atoms with Crippen molar-refractivity contribution in [1.82, 2.24) is 4.90 Å². The van der Waals surface area contributed by atoms with Crippen molar-refractivity contribution in [3.8, 4) is 0 Å². The van der Waals surface area contributed by atoms with E-state index in [0.29, 0.717) is 10.4 Å². The van der Waals surface area contributed by atoms with E-state index in [-0.39, 0.29) is 0 Å². The molecule has 0 atom stereocenters. The fourth-order valence-corrected chi connectivity index (χ4v) is 3.42. The Balaban J connectivity index is 1.81. The van der Waals surface area contributed by atoms with Crippen LogP contribution in [0.1, 0.15) is 51.4 Å². The van der Waals surface area contributed by atoms with Crippen molar-refractivity contribution in [2.24, 2.45) is 11.1 Å². The maximum atomic E-state index is 5.69. The van der Waals surface area contributed by atoms with E-state index in [0.717, 1.165) is 12.5 Å². The van der Waals surface area contributed by atoms with Crippen LogP contribution in [0.15, 0.2) is 0 Å². The van der Waals surface area contributed by atoms with Gasteiger partial charge in [-0.15, -0.1) is 0 Å². The zero-order chi connectivity index (χ0) is 11.6. The van der Waals surface area contributed by atoms with Crippen molar-refractivity contribution < 1.29 is 0 Å². The summed E-state index contributed by atoms with van der Waals surface area (Å²) in [6.45, 7) is 1.20. The van der Waals surface area contributed by atoms with Gasteiger partial charge >= 0.3 is 0 Å². The van der Waals surface area contributed by atoms with E-state index in [9.17, 15) is 0 Å². The van der Waals surface area contributed by atoms with Gasteiger partial charge in [0.15, 0.2) is 0 Å². The van der Waals surface area contributed by atoms with Gasteiger partial charge in [-0.3, -0.25) is 0 Å². The molecule has 2 saturated carbocycles. The van der Waals surface area contributed by atoms with Gasteiger partial charge in [-0.25, -0.2) is 0 Å². The Labute approximate surface area is 105 Å². The summed E-state index contributed by atoms with van der Waals surface area (Å²) in [5, 5.41) is 0. The van der Waals surface area contributed by atoms with Crippen molar-refractivity contribution >= 4 is 17.2 Å². The molecule has 0 amide bonds. The van der Waals surface area contributed by atoms with Gasteiger partial charge in [0.05, 0.1) is 4.99 Å². The fraction of sp³-hybridized carbons (Fsp3) is 0.923. The standard InChI is InChI=1S/C13H24N2S/c1-15(11-5-3-2-4-6-11)10-13(7-8-13)9-12(14)16/h11H,2-10H2,1H3,(H2,14,16). The molecule has 0 unspecified atom stereocenters. The molecule has 0 saturated heterocycles. The van der Waals surface area contributed by atoms with Crippen molar-refractivity contribution in [3.05, 3.63) is 0 Å². The Morgan fingerprint density at radius 3 is 2.44 bits per heavy atom.